The molecule has 3 N–H and O–H groups in total. The van der Waals surface area contributed by atoms with E-state index in [1.807, 2.05) is 19.9 Å². The molecule has 2 aromatic heterocycles. The molecule has 0 spiro atoms. The lowest BCUT2D eigenvalue weighted by Crippen LogP contribution is -1.81. The summed E-state index contributed by atoms with van der Waals surface area (Å²) in [4.78, 5) is 0. The van der Waals surface area contributed by atoms with Crippen molar-refractivity contribution in [2.75, 3.05) is 5.73 Å². The number of nitrogens with zero attached hydrogens (tertiary/aromatic N) is 2. The lowest BCUT2D eigenvalue weighted by Gasteiger charge is -1.93. The van der Waals surface area contributed by atoms with Crippen LogP contribution >= 0.6 is 0 Å². The first-order valence-electron chi connectivity index (χ1n) is 4.44. The van der Waals surface area contributed by atoms with Crippen LogP contribution in [0.1, 0.15) is 25.5 Å². The Hall–Kier alpha value is -1.78. The molecule has 0 saturated heterocycles. The van der Waals surface area contributed by atoms with E-state index in [1.54, 1.807) is 6.07 Å². The highest BCUT2D eigenvalue weighted by molar-refractivity contribution is 5.57. The zero-order valence-electron chi connectivity index (χ0n) is 8.11. The first kappa shape index (κ1) is 8.80. The summed E-state index contributed by atoms with van der Waals surface area (Å²) >= 11 is 0. The summed E-state index contributed by atoms with van der Waals surface area (Å²) in [6.45, 7) is 4.09. The molecule has 0 atom stereocenters. The molecule has 0 amide bonds. The molecule has 0 bridgehead atoms. The van der Waals surface area contributed by atoms with E-state index in [4.69, 9.17) is 10.3 Å². The topological polar surface area (TPSA) is 80.7 Å². The fraction of sp³-hybridized carbons (Fsp3) is 0.333. The average molecular weight is 192 g/mol. The lowest BCUT2D eigenvalue weighted by atomic mass is 10.1. The molecular formula is C9H12N4O. The van der Waals surface area contributed by atoms with Gasteiger partial charge in [0.25, 0.3) is 0 Å². The average Bonchev–Trinajstić information content (AvgIpc) is 2.70. The van der Waals surface area contributed by atoms with Crippen molar-refractivity contribution >= 4 is 5.82 Å². The fourth-order valence-electron chi connectivity index (χ4n) is 1.16. The number of aromatic amines is 1. The van der Waals surface area contributed by atoms with Gasteiger partial charge in [-0.2, -0.15) is 5.10 Å². The maximum absolute atomic E-state index is 5.48. The summed E-state index contributed by atoms with van der Waals surface area (Å²) in [6.07, 6.45) is 0. The van der Waals surface area contributed by atoms with Crippen LogP contribution in [0.15, 0.2) is 16.7 Å². The van der Waals surface area contributed by atoms with Gasteiger partial charge in [-0.15, -0.1) is 0 Å². The van der Waals surface area contributed by atoms with Gasteiger partial charge in [0.2, 0.25) is 0 Å². The maximum atomic E-state index is 5.48. The van der Waals surface area contributed by atoms with Crippen molar-refractivity contribution in [3.05, 3.63) is 17.9 Å². The van der Waals surface area contributed by atoms with Crippen molar-refractivity contribution in [1.82, 2.24) is 15.4 Å². The molecule has 0 aliphatic carbocycles. The highest BCUT2D eigenvalue weighted by atomic mass is 16.5. The Balaban J connectivity index is 2.33. The molecule has 0 aliphatic rings. The molecule has 5 nitrogen and oxygen atoms in total. The van der Waals surface area contributed by atoms with Crippen molar-refractivity contribution in [2.24, 2.45) is 0 Å². The van der Waals surface area contributed by atoms with Crippen LogP contribution in [0.2, 0.25) is 0 Å². The Morgan fingerprint density at radius 2 is 2.21 bits per heavy atom. The first-order chi connectivity index (χ1) is 6.66. The summed E-state index contributed by atoms with van der Waals surface area (Å²) < 4.78 is 5.15. The normalized spacial score (nSPS) is 11.1. The molecule has 2 aromatic rings. The molecule has 14 heavy (non-hydrogen) atoms. The van der Waals surface area contributed by atoms with Gasteiger partial charge in [0.15, 0.2) is 0 Å². The van der Waals surface area contributed by atoms with Gasteiger partial charge in [-0.1, -0.05) is 19.0 Å². The Morgan fingerprint density at radius 3 is 2.71 bits per heavy atom. The van der Waals surface area contributed by atoms with Crippen molar-refractivity contribution in [3.63, 3.8) is 0 Å². The molecule has 0 radical (unpaired) electrons. The van der Waals surface area contributed by atoms with E-state index < -0.39 is 0 Å². The molecular weight excluding hydrogens is 180 g/mol. The fourth-order valence-corrected chi connectivity index (χ4v) is 1.16. The Bertz CT molecular complexity index is 429. The number of nitrogens with one attached hydrogen (secondary N) is 1. The third kappa shape index (κ3) is 1.48. The summed E-state index contributed by atoms with van der Waals surface area (Å²) in [5.74, 6) is 1.64. The largest absolute Gasteiger partial charge is 0.382 e. The van der Waals surface area contributed by atoms with Crippen LogP contribution in [-0.4, -0.2) is 15.4 Å². The zero-order chi connectivity index (χ0) is 10.1. The predicted molar refractivity (Wildman–Crippen MR) is 52.6 cm³/mol. The molecule has 0 saturated carbocycles. The molecule has 5 heteroatoms. The van der Waals surface area contributed by atoms with Gasteiger partial charge in [-0.25, -0.2) is 0 Å². The van der Waals surface area contributed by atoms with Crippen LogP contribution in [0.25, 0.3) is 11.4 Å². The second kappa shape index (κ2) is 3.17. The van der Waals surface area contributed by atoms with E-state index in [-0.39, 0.29) is 0 Å². The number of hydrogen-bond donors (Lipinski definition) is 2. The highest BCUT2D eigenvalue weighted by Gasteiger charge is 2.10. The lowest BCUT2D eigenvalue weighted by molar-refractivity contribution is 0.373. The Kier molecular flexibility index (Phi) is 1.99. The predicted octanol–water partition coefficient (Wildman–Crippen LogP) is 1.77. The maximum Gasteiger partial charge on any atom is 0.145 e. The van der Waals surface area contributed by atoms with Crippen LogP contribution in [0.3, 0.4) is 0 Å². The SMILES string of the molecule is CC(C)c1cc(-c2cc(N)n[nH]2)no1. The number of hydrogen-bond acceptors (Lipinski definition) is 4. The van der Waals surface area contributed by atoms with Crippen molar-refractivity contribution in [2.45, 2.75) is 19.8 Å². The smallest absolute Gasteiger partial charge is 0.145 e. The van der Waals surface area contributed by atoms with E-state index in [0.29, 0.717) is 11.7 Å². The summed E-state index contributed by atoms with van der Waals surface area (Å²) in [6, 6.07) is 3.61. The minimum atomic E-state index is 0.330. The second-order valence-electron chi connectivity index (χ2n) is 3.48. The van der Waals surface area contributed by atoms with Gasteiger partial charge in [-0.3, -0.25) is 5.10 Å². The van der Waals surface area contributed by atoms with Gasteiger partial charge in [0.1, 0.15) is 17.3 Å². The van der Waals surface area contributed by atoms with E-state index in [9.17, 15) is 0 Å². The molecule has 0 unspecified atom stereocenters. The molecule has 74 valence electrons. The van der Waals surface area contributed by atoms with E-state index in [2.05, 4.69) is 15.4 Å². The van der Waals surface area contributed by atoms with Crippen LogP contribution in [0.4, 0.5) is 5.82 Å². The van der Waals surface area contributed by atoms with Crippen LogP contribution in [0, 0.1) is 0 Å². The van der Waals surface area contributed by atoms with E-state index in [0.717, 1.165) is 17.1 Å². The summed E-state index contributed by atoms with van der Waals surface area (Å²) in [5.41, 5.74) is 6.99. The van der Waals surface area contributed by atoms with Gasteiger partial charge < -0.3 is 10.3 Å². The van der Waals surface area contributed by atoms with Gasteiger partial charge in [-0.05, 0) is 0 Å². The number of nitrogen functional groups attached to an aromatic ring is 1. The molecule has 0 aromatic carbocycles. The van der Waals surface area contributed by atoms with Crippen LogP contribution in [0.5, 0.6) is 0 Å². The minimum Gasteiger partial charge on any atom is -0.382 e. The molecule has 0 aliphatic heterocycles. The van der Waals surface area contributed by atoms with Crippen molar-refractivity contribution in [3.8, 4) is 11.4 Å². The Morgan fingerprint density at radius 1 is 1.43 bits per heavy atom. The Labute approximate surface area is 81.3 Å². The quantitative estimate of drug-likeness (QED) is 0.759. The minimum absolute atomic E-state index is 0.330. The van der Waals surface area contributed by atoms with Crippen LogP contribution in [-0.2, 0) is 0 Å². The second-order valence-corrected chi connectivity index (χ2v) is 3.48. The third-order valence-electron chi connectivity index (χ3n) is 1.97. The van der Waals surface area contributed by atoms with E-state index >= 15 is 0 Å². The first-order valence-corrected chi connectivity index (χ1v) is 4.44. The molecule has 2 heterocycles. The van der Waals surface area contributed by atoms with Gasteiger partial charge >= 0.3 is 0 Å². The third-order valence-corrected chi connectivity index (χ3v) is 1.97. The number of nitrogens with two attached hydrogens (primary N) is 1. The van der Waals surface area contributed by atoms with Crippen molar-refractivity contribution in [1.29, 1.82) is 0 Å². The molecule has 0 fully saturated rings. The number of rotatable bonds is 2. The number of anilines is 1. The highest BCUT2D eigenvalue weighted by Crippen LogP contribution is 2.22. The number of H-pyrrole nitrogens is 1. The summed E-state index contributed by atoms with van der Waals surface area (Å²) in [7, 11) is 0. The van der Waals surface area contributed by atoms with Crippen LogP contribution < -0.4 is 5.73 Å². The van der Waals surface area contributed by atoms with Gasteiger partial charge in [0.05, 0.1) is 5.69 Å². The zero-order valence-corrected chi connectivity index (χ0v) is 8.11. The molecule has 2 rings (SSSR count). The van der Waals surface area contributed by atoms with Gasteiger partial charge in [0, 0.05) is 18.1 Å². The monoisotopic (exact) mass is 192 g/mol. The van der Waals surface area contributed by atoms with Crippen molar-refractivity contribution < 1.29 is 4.52 Å². The van der Waals surface area contributed by atoms with E-state index in [1.165, 1.54) is 0 Å². The standard InChI is InChI=1S/C9H12N4O/c1-5(2)8-3-7(13-14-8)6-4-9(10)12-11-6/h3-5H,1-2H3,(H3,10,11,12). The summed E-state index contributed by atoms with van der Waals surface area (Å²) in [5, 5.41) is 10.5. The number of aromatic nitrogens is 3.